The number of nitrogens with zero attached hydrogens (tertiary/aromatic N) is 3. The quantitative estimate of drug-likeness (QED) is 0.152. The molecule has 286 valence electrons. The minimum Gasteiger partial charge on any atom is -0.508 e. The van der Waals surface area contributed by atoms with E-state index in [2.05, 4.69) is 22.5 Å². The lowest BCUT2D eigenvalue weighted by molar-refractivity contribution is -0.144. The van der Waals surface area contributed by atoms with Gasteiger partial charge in [0.05, 0.1) is 28.9 Å². The number of aryl methyl sites for hydroxylation is 1. The molecular weight excluding hydrogens is 731 g/mol. The number of amides is 4. The Morgan fingerprint density at radius 1 is 0.857 bits per heavy atom. The summed E-state index contributed by atoms with van der Waals surface area (Å²) in [6.45, 7) is 4.12. The van der Waals surface area contributed by atoms with Crippen LogP contribution in [-0.2, 0) is 31.1 Å². The molecule has 3 saturated heterocycles. The van der Waals surface area contributed by atoms with Crippen LogP contribution in [0.3, 0.4) is 0 Å². The second-order valence-electron chi connectivity index (χ2n) is 16.0. The fraction of sp³-hybridized carbons (Fsp3) is 0.333. The van der Waals surface area contributed by atoms with E-state index in [-0.39, 0.29) is 30.0 Å². The Bertz CT molecular complexity index is 2260. The van der Waals surface area contributed by atoms with E-state index in [1.54, 1.807) is 43.3 Å². The summed E-state index contributed by atoms with van der Waals surface area (Å²) in [4.78, 5) is 63.2. The topological polar surface area (TPSA) is 110 Å². The molecule has 56 heavy (non-hydrogen) atoms. The Labute approximate surface area is 329 Å². The van der Waals surface area contributed by atoms with E-state index in [0.29, 0.717) is 46.7 Å². The van der Waals surface area contributed by atoms with Crippen LogP contribution in [0.4, 0.5) is 10.1 Å². The molecule has 4 aromatic rings. The molecule has 6 atom stereocenters. The number of nitrogens with one attached hydrogen (secondary N) is 1. The molecule has 0 spiro atoms. The zero-order chi connectivity index (χ0) is 38.9. The van der Waals surface area contributed by atoms with Crippen molar-refractivity contribution >= 4 is 40.9 Å². The first-order valence-electron chi connectivity index (χ1n) is 19.4. The molecule has 3 heterocycles. The van der Waals surface area contributed by atoms with E-state index >= 15 is 4.79 Å². The van der Waals surface area contributed by atoms with Crippen LogP contribution < -0.4 is 5.43 Å². The first kappa shape index (κ1) is 36.3. The molecule has 9 rings (SSSR count). The fourth-order valence-electron chi connectivity index (χ4n) is 10.4. The molecule has 4 amide bonds. The van der Waals surface area contributed by atoms with Gasteiger partial charge in [-0.2, -0.15) is 5.01 Å². The normalized spacial score (nSPS) is 27.9. The largest absolute Gasteiger partial charge is 0.508 e. The van der Waals surface area contributed by atoms with Crippen molar-refractivity contribution in [2.24, 2.45) is 23.7 Å². The standard InChI is InChI=1S/C45H42ClFN4O5/c1-26-23-28(7-18-38(26)52)40-34-16-17-35-39(43(55)50(41(35)53)33-19-21-49(22-20-33)25-27-5-3-2-4-6-27)36(34)24-37-42(54)51(48-32-14-12-31(47)13-15-32)44(56)45(37,40)29-8-10-30(46)11-9-29/h2-16,18,23,33,35-37,39-40,48,52H,17,19-22,24-25H2,1H3/t35-,36+,37-,39-,40-,45+/m0/s1. The Hall–Kier alpha value is -5.32. The van der Waals surface area contributed by atoms with Crippen LogP contribution in [-0.4, -0.2) is 62.7 Å². The molecule has 0 aromatic heterocycles. The Kier molecular flexibility index (Phi) is 9.09. The smallest absolute Gasteiger partial charge is 0.260 e. The lowest BCUT2D eigenvalue weighted by atomic mass is 9.49. The number of imide groups is 2. The maximum absolute atomic E-state index is 15.3. The van der Waals surface area contributed by atoms with E-state index in [1.165, 1.54) is 34.7 Å². The van der Waals surface area contributed by atoms with Gasteiger partial charge in [0.25, 0.3) is 11.8 Å². The SMILES string of the molecule is Cc1cc([C@H]2C3=CC[C@@H]4C(=O)N(C5CCN(Cc6ccccc6)CC5)C(=O)[C@@H]4[C@@H]3C[C@H]3C(=O)N(Nc4ccc(F)cc4)C(=O)[C@@]23c2ccc(Cl)cc2)ccc1O. The predicted octanol–water partition coefficient (Wildman–Crippen LogP) is 7.14. The van der Waals surface area contributed by atoms with Crippen LogP contribution in [0.25, 0.3) is 0 Å². The van der Waals surface area contributed by atoms with Gasteiger partial charge < -0.3 is 5.11 Å². The summed E-state index contributed by atoms with van der Waals surface area (Å²) in [5.74, 6) is -5.12. The molecule has 0 bridgehead atoms. The monoisotopic (exact) mass is 772 g/mol. The van der Waals surface area contributed by atoms with Gasteiger partial charge in [0.2, 0.25) is 11.8 Å². The minimum atomic E-state index is -1.48. The van der Waals surface area contributed by atoms with Crippen LogP contribution in [0.1, 0.15) is 53.9 Å². The van der Waals surface area contributed by atoms with Crippen molar-refractivity contribution in [2.45, 2.75) is 56.5 Å². The predicted molar refractivity (Wildman–Crippen MR) is 208 cm³/mol. The van der Waals surface area contributed by atoms with E-state index in [1.807, 2.05) is 30.3 Å². The third-order valence-electron chi connectivity index (χ3n) is 13.0. The molecule has 1 saturated carbocycles. The van der Waals surface area contributed by atoms with Crippen molar-refractivity contribution in [2.75, 3.05) is 18.5 Å². The highest BCUT2D eigenvalue weighted by Crippen LogP contribution is 2.64. The highest BCUT2D eigenvalue weighted by molar-refractivity contribution is 6.30. The molecule has 2 N–H and O–H groups in total. The van der Waals surface area contributed by atoms with Crippen molar-refractivity contribution in [3.8, 4) is 5.75 Å². The van der Waals surface area contributed by atoms with Gasteiger partial charge in [-0.1, -0.05) is 77.8 Å². The molecule has 2 aliphatic carbocycles. The van der Waals surface area contributed by atoms with Gasteiger partial charge in [0, 0.05) is 36.6 Å². The van der Waals surface area contributed by atoms with Crippen LogP contribution >= 0.6 is 11.6 Å². The van der Waals surface area contributed by atoms with Gasteiger partial charge in [-0.15, -0.1) is 0 Å². The molecular formula is C45H42ClFN4O5. The average Bonchev–Trinajstić information content (AvgIpc) is 3.58. The second-order valence-corrected chi connectivity index (χ2v) is 16.4. The highest BCUT2D eigenvalue weighted by atomic mass is 35.5. The minimum absolute atomic E-state index is 0.0892. The van der Waals surface area contributed by atoms with E-state index in [0.717, 1.165) is 30.2 Å². The summed E-state index contributed by atoms with van der Waals surface area (Å²) in [5, 5.41) is 12.1. The van der Waals surface area contributed by atoms with Gasteiger partial charge in [-0.05, 0) is 103 Å². The molecule has 0 radical (unpaired) electrons. The number of hydrogen-bond acceptors (Lipinski definition) is 7. The molecule has 0 unspecified atom stereocenters. The summed E-state index contributed by atoms with van der Waals surface area (Å²) in [5.41, 5.74) is 5.81. The number of fused-ring (bicyclic) bond motifs is 4. The average molecular weight is 773 g/mol. The lowest BCUT2D eigenvalue weighted by Crippen LogP contribution is -2.53. The summed E-state index contributed by atoms with van der Waals surface area (Å²) in [6.07, 6.45) is 3.90. The number of piperidine rings is 1. The summed E-state index contributed by atoms with van der Waals surface area (Å²) >= 11 is 6.40. The first-order chi connectivity index (χ1) is 27.1. The van der Waals surface area contributed by atoms with E-state index in [9.17, 15) is 23.9 Å². The number of anilines is 1. The first-order valence-corrected chi connectivity index (χ1v) is 19.7. The number of carbonyl (C=O) groups is 4. The zero-order valence-electron chi connectivity index (χ0n) is 30.9. The number of hydrogen-bond donors (Lipinski definition) is 2. The molecule has 9 nitrogen and oxygen atoms in total. The Morgan fingerprint density at radius 3 is 2.27 bits per heavy atom. The molecule has 11 heteroatoms. The van der Waals surface area contributed by atoms with Crippen molar-refractivity contribution in [1.82, 2.24) is 14.8 Å². The van der Waals surface area contributed by atoms with Gasteiger partial charge in [-0.25, -0.2) is 4.39 Å². The number of halogens is 2. The lowest BCUT2D eigenvalue weighted by Gasteiger charge is -2.50. The number of likely N-dealkylation sites (tertiary alicyclic amines) is 2. The summed E-state index contributed by atoms with van der Waals surface area (Å²) in [6, 6.07) is 27.7. The van der Waals surface area contributed by atoms with Gasteiger partial charge in [0.1, 0.15) is 11.6 Å². The van der Waals surface area contributed by atoms with Gasteiger partial charge >= 0.3 is 0 Å². The molecule has 4 aromatic carbocycles. The van der Waals surface area contributed by atoms with Crippen LogP contribution in [0.5, 0.6) is 5.75 Å². The van der Waals surface area contributed by atoms with Gasteiger partial charge in [-0.3, -0.25) is 34.4 Å². The van der Waals surface area contributed by atoms with Crippen LogP contribution in [0, 0.1) is 36.4 Å². The maximum Gasteiger partial charge on any atom is 0.260 e. The van der Waals surface area contributed by atoms with Crippen LogP contribution in [0.15, 0.2) is 109 Å². The summed E-state index contributed by atoms with van der Waals surface area (Å²) < 4.78 is 13.9. The number of rotatable bonds is 7. The van der Waals surface area contributed by atoms with Crippen molar-refractivity contribution < 1.29 is 28.7 Å². The number of phenols is 1. The van der Waals surface area contributed by atoms with E-state index < -0.39 is 52.6 Å². The number of aromatic hydroxyl groups is 1. The maximum atomic E-state index is 15.3. The zero-order valence-corrected chi connectivity index (χ0v) is 31.7. The van der Waals surface area contributed by atoms with Crippen molar-refractivity contribution in [1.29, 1.82) is 0 Å². The number of benzene rings is 4. The fourth-order valence-corrected chi connectivity index (χ4v) is 10.6. The summed E-state index contributed by atoms with van der Waals surface area (Å²) in [7, 11) is 0. The Morgan fingerprint density at radius 2 is 1.57 bits per heavy atom. The third-order valence-corrected chi connectivity index (χ3v) is 13.3. The van der Waals surface area contributed by atoms with Crippen LogP contribution in [0.2, 0.25) is 5.02 Å². The van der Waals surface area contributed by atoms with Gasteiger partial charge in [0.15, 0.2) is 0 Å². The number of phenolic OH excluding ortho intramolecular Hbond substituents is 1. The van der Waals surface area contributed by atoms with Crippen molar-refractivity contribution in [3.63, 3.8) is 0 Å². The number of allylic oxidation sites excluding steroid dienone is 2. The Balaban J connectivity index is 1.11. The molecule has 3 aliphatic heterocycles. The second kappa shape index (κ2) is 14.0. The molecule has 4 fully saturated rings. The number of hydrazine groups is 1. The molecule has 5 aliphatic rings. The number of carbonyl (C=O) groups excluding carboxylic acids is 4. The van der Waals surface area contributed by atoms with Crippen molar-refractivity contribution in [3.05, 3.63) is 142 Å². The third kappa shape index (κ3) is 5.75. The van der Waals surface area contributed by atoms with E-state index in [4.69, 9.17) is 11.6 Å². The highest BCUT2D eigenvalue weighted by Gasteiger charge is 2.70.